The molecule has 12 heteroatoms. The van der Waals surface area contributed by atoms with Crippen LogP contribution in [-0.2, 0) is 16.1 Å². The van der Waals surface area contributed by atoms with Gasteiger partial charge in [-0.15, -0.1) is 0 Å². The molecule has 0 spiro atoms. The number of nitrogens with zero attached hydrogens (tertiary/aromatic N) is 5. The third kappa shape index (κ3) is 4.25. The van der Waals surface area contributed by atoms with Gasteiger partial charge in [-0.05, 0) is 26.0 Å². The van der Waals surface area contributed by atoms with E-state index in [2.05, 4.69) is 15.4 Å². The predicted octanol–water partition coefficient (Wildman–Crippen LogP) is 3.20. The van der Waals surface area contributed by atoms with E-state index in [1.165, 1.54) is 13.0 Å². The van der Waals surface area contributed by atoms with Crippen LogP contribution in [0.15, 0.2) is 29.3 Å². The summed E-state index contributed by atoms with van der Waals surface area (Å²) < 4.78 is 48.4. The van der Waals surface area contributed by atoms with Crippen LogP contribution in [0.25, 0.3) is 22.2 Å². The minimum Gasteiger partial charge on any atom is -0.378 e. The molecule has 0 unspecified atom stereocenters. The first-order chi connectivity index (χ1) is 16.0. The van der Waals surface area contributed by atoms with Crippen LogP contribution in [0.5, 0.6) is 0 Å². The average Bonchev–Trinajstić information content (AvgIpc) is 3.10. The fourth-order valence-corrected chi connectivity index (χ4v) is 3.94. The summed E-state index contributed by atoms with van der Waals surface area (Å²) >= 11 is 0. The number of fused-ring (bicyclic) bond motifs is 1. The molecule has 9 nitrogen and oxygen atoms in total. The molecule has 4 rings (SSSR count). The molecule has 4 heterocycles. The van der Waals surface area contributed by atoms with Crippen LogP contribution < -0.4 is 15.8 Å². The highest BCUT2D eigenvalue weighted by molar-refractivity contribution is 5.98. The van der Waals surface area contributed by atoms with Crippen molar-refractivity contribution in [2.75, 3.05) is 30.4 Å². The highest BCUT2D eigenvalue weighted by Gasteiger charge is 2.40. The summed E-state index contributed by atoms with van der Waals surface area (Å²) in [4.78, 5) is 30.5. The third-order valence-corrected chi connectivity index (χ3v) is 5.97. The molecular weight excluding hydrogens is 453 g/mol. The lowest BCUT2D eigenvalue weighted by Crippen LogP contribution is -2.54. The van der Waals surface area contributed by atoms with Crippen molar-refractivity contribution >= 4 is 28.3 Å². The van der Waals surface area contributed by atoms with Crippen LogP contribution in [-0.4, -0.2) is 57.7 Å². The molecule has 1 fully saturated rings. The number of carbonyl (C=O) groups excluding carboxylic acids is 1. The van der Waals surface area contributed by atoms with Crippen LogP contribution >= 0.6 is 0 Å². The van der Waals surface area contributed by atoms with Gasteiger partial charge in [0, 0.05) is 50.8 Å². The fourth-order valence-electron chi connectivity index (χ4n) is 3.94. The minimum absolute atomic E-state index is 0.0993. The maximum absolute atomic E-state index is 13.6. The number of methoxy groups -OCH3 is 1. The van der Waals surface area contributed by atoms with Gasteiger partial charge in [0.15, 0.2) is 0 Å². The molecule has 0 bridgehead atoms. The second-order valence-electron chi connectivity index (χ2n) is 8.24. The lowest BCUT2D eigenvalue weighted by atomic mass is 10.1. The van der Waals surface area contributed by atoms with E-state index in [0.29, 0.717) is 41.1 Å². The fraction of sp³-hybridized carbons (Fsp3) is 0.455. The first-order valence-electron chi connectivity index (χ1n) is 10.8. The molecule has 1 atom stereocenters. The number of pyridine rings is 1. The SMILES string of the molecule is CCn1cc(-c2cc(N3CC(OC)C3)c(=O)n([C@@H](C)C(F)(F)F)n2)c2cc(NC(C)=O)ncc21. The zero-order chi connectivity index (χ0) is 24.8. The Balaban J connectivity index is 1.93. The zero-order valence-electron chi connectivity index (χ0n) is 19.2. The van der Waals surface area contributed by atoms with Crippen molar-refractivity contribution in [2.24, 2.45) is 0 Å². The molecule has 1 aliphatic heterocycles. The normalized spacial score (nSPS) is 15.4. The van der Waals surface area contributed by atoms with E-state index in [1.54, 1.807) is 30.5 Å². The molecular formula is C22H25F3N6O3. The van der Waals surface area contributed by atoms with Crippen molar-refractivity contribution in [3.8, 4) is 11.3 Å². The number of halogens is 3. The van der Waals surface area contributed by atoms with Crippen molar-refractivity contribution < 1.29 is 22.7 Å². The van der Waals surface area contributed by atoms with E-state index < -0.39 is 17.8 Å². The zero-order valence-corrected chi connectivity index (χ0v) is 19.2. The number of amides is 1. The smallest absolute Gasteiger partial charge is 0.378 e. The van der Waals surface area contributed by atoms with Crippen LogP contribution in [0.3, 0.4) is 0 Å². The number of alkyl halides is 3. The summed E-state index contributed by atoms with van der Waals surface area (Å²) in [7, 11) is 1.55. The van der Waals surface area contributed by atoms with Crippen molar-refractivity contribution in [3.05, 3.63) is 34.9 Å². The molecule has 0 aliphatic carbocycles. The first kappa shape index (κ1) is 23.7. The van der Waals surface area contributed by atoms with Crippen LogP contribution in [0.1, 0.15) is 26.8 Å². The molecule has 0 saturated carbocycles. The van der Waals surface area contributed by atoms with Crippen molar-refractivity contribution in [3.63, 3.8) is 0 Å². The topological polar surface area (TPSA) is 94.3 Å². The molecule has 1 aliphatic rings. The lowest BCUT2D eigenvalue weighted by molar-refractivity contribution is -0.166. The Morgan fingerprint density at radius 3 is 2.62 bits per heavy atom. The number of ether oxygens (including phenoxy) is 1. The van der Waals surface area contributed by atoms with Gasteiger partial charge in [-0.25, -0.2) is 9.67 Å². The highest BCUT2D eigenvalue weighted by Crippen LogP contribution is 2.34. The number of hydrogen-bond donors (Lipinski definition) is 1. The number of hydrogen-bond acceptors (Lipinski definition) is 6. The monoisotopic (exact) mass is 478 g/mol. The van der Waals surface area contributed by atoms with Gasteiger partial charge >= 0.3 is 6.18 Å². The molecule has 182 valence electrons. The highest BCUT2D eigenvalue weighted by atomic mass is 19.4. The van der Waals surface area contributed by atoms with Gasteiger partial charge in [0.2, 0.25) is 5.91 Å². The van der Waals surface area contributed by atoms with E-state index in [0.717, 1.165) is 12.4 Å². The second kappa shape index (κ2) is 8.75. The quantitative estimate of drug-likeness (QED) is 0.585. The number of rotatable bonds is 6. The summed E-state index contributed by atoms with van der Waals surface area (Å²) in [6.45, 7) is 5.54. The maximum atomic E-state index is 13.6. The van der Waals surface area contributed by atoms with Crippen LogP contribution in [0.4, 0.5) is 24.7 Å². The van der Waals surface area contributed by atoms with Crippen LogP contribution in [0, 0.1) is 0 Å². The Morgan fingerprint density at radius 2 is 2.03 bits per heavy atom. The van der Waals surface area contributed by atoms with E-state index in [1.807, 2.05) is 11.5 Å². The molecule has 1 saturated heterocycles. The molecule has 0 radical (unpaired) electrons. The van der Waals surface area contributed by atoms with Crippen molar-refractivity contribution in [2.45, 2.75) is 45.6 Å². The molecule has 1 N–H and O–H groups in total. The van der Waals surface area contributed by atoms with Gasteiger partial charge < -0.3 is 19.5 Å². The summed E-state index contributed by atoms with van der Waals surface area (Å²) in [5.41, 5.74) is 0.772. The molecule has 34 heavy (non-hydrogen) atoms. The summed E-state index contributed by atoms with van der Waals surface area (Å²) in [6.07, 6.45) is -1.41. The molecule has 0 aromatic carbocycles. The van der Waals surface area contributed by atoms with E-state index in [-0.39, 0.29) is 23.4 Å². The number of aryl methyl sites for hydroxylation is 1. The van der Waals surface area contributed by atoms with Gasteiger partial charge in [0.25, 0.3) is 5.56 Å². The Hall–Kier alpha value is -3.41. The predicted molar refractivity (Wildman–Crippen MR) is 121 cm³/mol. The van der Waals surface area contributed by atoms with Gasteiger partial charge in [-0.2, -0.15) is 18.3 Å². The number of nitrogens with one attached hydrogen (secondary N) is 1. The Kier molecular flexibility index (Phi) is 6.11. The lowest BCUT2D eigenvalue weighted by Gasteiger charge is -2.39. The van der Waals surface area contributed by atoms with E-state index in [4.69, 9.17) is 4.74 Å². The molecule has 3 aromatic rings. The van der Waals surface area contributed by atoms with Crippen molar-refractivity contribution in [1.29, 1.82) is 0 Å². The van der Waals surface area contributed by atoms with Crippen molar-refractivity contribution in [1.82, 2.24) is 19.3 Å². The molecule has 3 aromatic heterocycles. The average molecular weight is 478 g/mol. The Bertz CT molecular complexity index is 1290. The second-order valence-corrected chi connectivity index (χ2v) is 8.24. The van der Waals surface area contributed by atoms with Gasteiger partial charge in [-0.1, -0.05) is 0 Å². The summed E-state index contributed by atoms with van der Waals surface area (Å²) in [5.74, 6) is -0.000227. The largest absolute Gasteiger partial charge is 0.410 e. The summed E-state index contributed by atoms with van der Waals surface area (Å²) in [6, 6.07) is 1.04. The Morgan fingerprint density at radius 1 is 1.32 bits per heavy atom. The Labute approximate surface area is 193 Å². The first-order valence-corrected chi connectivity index (χ1v) is 10.8. The molecule has 1 amide bonds. The van der Waals surface area contributed by atoms with Gasteiger partial charge in [0.1, 0.15) is 17.5 Å². The number of aromatic nitrogens is 4. The minimum atomic E-state index is -4.66. The maximum Gasteiger partial charge on any atom is 0.410 e. The van der Waals surface area contributed by atoms with Crippen LogP contribution in [0.2, 0.25) is 0 Å². The van der Waals surface area contributed by atoms with E-state index >= 15 is 0 Å². The number of anilines is 2. The number of carbonyl (C=O) groups is 1. The third-order valence-electron chi connectivity index (χ3n) is 5.97. The standard InChI is InChI=1S/C22H25F3N6O3/c1-5-29-11-16(15-6-20(27-13(3)32)26-8-19(15)29)17-7-18(30-9-14(10-30)34-4)21(33)31(28-17)12(2)22(23,24)25/h6-8,11-12,14H,5,9-10H2,1-4H3,(H,26,27,32)/t12-/m0/s1. The summed E-state index contributed by atoms with van der Waals surface area (Å²) in [5, 5.41) is 7.40. The van der Waals surface area contributed by atoms with Gasteiger partial charge in [-0.3, -0.25) is 9.59 Å². The van der Waals surface area contributed by atoms with E-state index in [9.17, 15) is 22.8 Å². The van der Waals surface area contributed by atoms with Gasteiger partial charge in [0.05, 0.1) is 23.5 Å².